The van der Waals surface area contributed by atoms with E-state index in [4.69, 9.17) is 5.11 Å². The molecule has 0 aliphatic carbocycles. The SMILES string of the molecule is CCC(C(=O)O)c1cnc(NS(=O)(=O)c2ccc(Br)cc2F)s1. The maximum absolute atomic E-state index is 13.8. The van der Waals surface area contributed by atoms with Crippen LogP contribution in [0.2, 0.25) is 0 Å². The highest BCUT2D eigenvalue weighted by Crippen LogP contribution is 2.30. The Bertz CT molecular complexity index is 838. The predicted octanol–water partition coefficient (Wildman–Crippen LogP) is 3.42. The minimum Gasteiger partial charge on any atom is -0.481 e. The first kappa shape index (κ1) is 17.8. The van der Waals surface area contributed by atoms with Gasteiger partial charge in [-0.05, 0) is 24.6 Å². The number of halogens is 2. The molecule has 10 heteroatoms. The Balaban J connectivity index is 2.28. The van der Waals surface area contributed by atoms with E-state index in [-0.39, 0.29) is 5.13 Å². The average molecular weight is 423 g/mol. The lowest BCUT2D eigenvalue weighted by Gasteiger charge is -2.07. The molecule has 1 heterocycles. The van der Waals surface area contributed by atoms with Gasteiger partial charge in [0.2, 0.25) is 0 Å². The number of thiazole rings is 1. The lowest BCUT2D eigenvalue weighted by atomic mass is 10.1. The summed E-state index contributed by atoms with van der Waals surface area (Å²) < 4.78 is 40.8. The van der Waals surface area contributed by atoms with Crippen LogP contribution in [0.5, 0.6) is 0 Å². The van der Waals surface area contributed by atoms with Gasteiger partial charge in [-0.15, -0.1) is 11.3 Å². The van der Waals surface area contributed by atoms with Crippen molar-refractivity contribution in [2.45, 2.75) is 24.2 Å². The zero-order valence-electron chi connectivity index (χ0n) is 11.8. The highest BCUT2D eigenvalue weighted by atomic mass is 79.9. The van der Waals surface area contributed by atoms with Gasteiger partial charge in [-0.1, -0.05) is 22.9 Å². The molecule has 2 rings (SSSR count). The van der Waals surface area contributed by atoms with Crippen LogP contribution in [0, 0.1) is 5.82 Å². The van der Waals surface area contributed by atoms with Crippen LogP contribution in [0.1, 0.15) is 24.1 Å². The van der Waals surface area contributed by atoms with Crippen LogP contribution in [0.3, 0.4) is 0 Å². The molecule has 0 bridgehead atoms. The van der Waals surface area contributed by atoms with E-state index in [2.05, 4.69) is 25.6 Å². The summed E-state index contributed by atoms with van der Waals surface area (Å²) in [5, 5.41) is 9.08. The Morgan fingerprint density at radius 1 is 1.52 bits per heavy atom. The first-order valence-corrected chi connectivity index (χ1v) is 9.50. The molecule has 2 aromatic rings. The third kappa shape index (κ3) is 4.06. The molecule has 1 aromatic carbocycles. The van der Waals surface area contributed by atoms with Gasteiger partial charge < -0.3 is 5.11 Å². The Labute approximate surface area is 144 Å². The van der Waals surface area contributed by atoms with Crippen LogP contribution < -0.4 is 4.72 Å². The van der Waals surface area contributed by atoms with Gasteiger partial charge in [0, 0.05) is 15.5 Å². The predicted molar refractivity (Wildman–Crippen MR) is 87.7 cm³/mol. The highest BCUT2D eigenvalue weighted by Gasteiger charge is 2.24. The molecule has 23 heavy (non-hydrogen) atoms. The van der Waals surface area contributed by atoms with Crippen molar-refractivity contribution in [3.05, 3.63) is 39.6 Å². The summed E-state index contributed by atoms with van der Waals surface area (Å²) in [5.41, 5.74) is 0. The number of nitrogens with one attached hydrogen (secondary N) is 1. The Morgan fingerprint density at radius 2 is 2.22 bits per heavy atom. The number of carboxylic acids is 1. The van der Waals surface area contributed by atoms with Gasteiger partial charge >= 0.3 is 5.97 Å². The summed E-state index contributed by atoms with van der Waals surface area (Å²) in [6, 6.07) is 3.57. The van der Waals surface area contributed by atoms with Gasteiger partial charge in [-0.3, -0.25) is 9.52 Å². The monoisotopic (exact) mass is 422 g/mol. The topological polar surface area (TPSA) is 96.4 Å². The van der Waals surface area contributed by atoms with Gasteiger partial charge in [0.15, 0.2) is 5.13 Å². The standard InChI is InChI=1S/C13H12BrFN2O4S2/c1-2-8(12(18)19)10-6-16-13(22-10)17-23(20,21)11-4-3-7(14)5-9(11)15/h3-6,8H,2H2,1H3,(H,16,17)(H,18,19). The van der Waals surface area contributed by atoms with E-state index in [0.717, 1.165) is 23.5 Å². The number of sulfonamides is 1. The molecule has 0 saturated carbocycles. The fourth-order valence-corrected chi connectivity index (χ4v) is 4.48. The Morgan fingerprint density at radius 3 is 2.78 bits per heavy atom. The maximum Gasteiger partial charge on any atom is 0.311 e. The van der Waals surface area contributed by atoms with E-state index in [1.165, 1.54) is 12.3 Å². The lowest BCUT2D eigenvalue weighted by Crippen LogP contribution is -2.14. The normalized spacial score (nSPS) is 12.8. The molecule has 0 radical (unpaired) electrons. The second-order valence-electron chi connectivity index (χ2n) is 4.55. The average Bonchev–Trinajstić information content (AvgIpc) is 2.85. The molecule has 6 nitrogen and oxygen atoms in total. The van der Waals surface area contributed by atoms with Crippen LogP contribution in [0.25, 0.3) is 0 Å². The summed E-state index contributed by atoms with van der Waals surface area (Å²) in [6.07, 6.45) is 1.66. The third-order valence-electron chi connectivity index (χ3n) is 2.98. The molecule has 0 fully saturated rings. The lowest BCUT2D eigenvalue weighted by molar-refractivity contribution is -0.138. The van der Waals surface area contributed by atoms with E-state index < -0.39 is 32.6 Å². The maximum atomic E-state index is 13.8. The van der Waals surface area contributed by atoms with Gasteiger partial charge in [-0.25, -0.2) is 17.8 Å². The quantitative estimate of drug-likeness (QED) is 0.742. The second-order valence-corrected chi connectivity index (χ2v) is 8.18. The van der Waals surface area contributed by atoms with Crippen molar-refractivity contribution in [2.24, 2.45) is 0 Å². The Kier molecular flexibility index (Phi) is 5.37. The van der Waals surface area contributed by atoms with Gasteiger partial charge in [0.05, 0.1) is 5.92 Å². The van der Waals surface area contributed by atoms with E-state index in [0.29, 0.717) is 15.8 Å². The molecular weight excluding hydrogens is 411 g/mol. The van der Waals surface area contributed by atoms with Crippen LogP contribution in [-0.4, -0.2) is 24.5 Å². The minimum absolute atomic E-state index is 0.0120. The van der Waals surface area contributed by atoms with Crippen LogP contribution in [-0.2, 0) is 14.8 Å². The molecule has 0 aliphatic rings. The largest absolute Gasteiger partial charge is 0.481 e. The zero-order valence-corrected chi connectivity index (χ0v) is 15.0. The first-order valence-electron chi connectivity index (χ1n) is 6.41. The van der Waals surface area contributed by atoms with Gasteiger partial charge in [0.1, 0.15) is 10.7 Å². The summed E-state index contributed by atoms with van der Waals surface area (Å²) in [7, 11) is -4.15. The number of aliphatic carboxylic acids is 1. The fourth-order valence-electron chi connectivity index (χ4n) is 1.86. The van der Waals surface area contributed by atoms with Crippen molar-refractivity contribution in [3.8, 4) is 0 Å². The fraction of sp³-hybridized carbons (Fsp3) is 0.231. The molecular formula is C13H12BrFN2O4S2. The molecule has 124 valence electrons. The van der Waals surface area contributed by atoms with Crippen molar-refractivity contribution < 1.29 is 22.7 Å². The van der Waals surface area contributed by atoms with Crippen molar-refractivity contribution in [2.75, 3.05) is 4.72 Å². The molecule has 0 aliphatic heterocycles. The van der Waals surface area contributed by atoms with Crippen LogP contribution in [0.15, 0.2) is 33.8 Å². The molecule has 0 spiro atoms. The molecule has 2 N–H and O–H groups in total. The molecule has 1 atom stereocenters. The van der Waals surface area contributed by atoms with Crippen LogP contribution >= 0.6 is 27.3 Å². The van der Waals surface area contributed by atoms with E-state index in [1.807, 2.05) is 0 Å². The summed E-state index contributed by atoms with van der Waals surface area (Å²) in [4.78, 5) is 14.9. The number of benzene rings is 1. The van der Waals surface area contributed by atoms with E-state index in [9.17, 15) is 17.6 Å². The first-order chi connectivity index (χ1) is 10.7. The minimum atomic E-state index is -4.15. The van der Waals surface area contributed by atoms with Crippen molar-refractivity contribution in [1.82, 2.24) is 4.98 Å². The second kappa shape index (κ2) is 6.93. The van der Waals surface area contributed by atoms with Crippen LogP contribution in [0.4, 0.5) is 9.52 Å². The van der Waals surface area contributed by atoms with Crippen molar-refractivity contribution in [1.29, 1.82) is 0 Å². The number of hydrogen-bond donors (Lipinski definition) is 2. The number of nitrogens with zero attached hydrogens (tertiary/aromatic N) is 1. The third-order valence-corrected chi connectivity index (χ3v) is 6.00. The van der Waals surface area contributed by atoms with E-state index >= 15 is 0 Å². The number of hydrogen-bond acceptors (Lipinski definition) is 5. The number of aromatic nitrogens is 1. The van der Waals surface area contributed by atoms with Crippen molar-refractivity contribution in [3.63, 3.8) is 0 Å². The summed E-state index contributed by atoms with van der Waals surface area (Å²) >= 11 is 3.96. The number of carboxylic acid groups (broad SMARTS) is 1. The number of carbonyl (C=O) groups is 1. The Hall–Kier alpha value is -1.52. The van der Waals surface area contributed by atoms with E-state index in [1.54, 1.807) is 6.92 Å². The molecule has 0 amide bonds. The number of rotatable bonds is 6. The zero-order chi connectivity index (χ0) is 17.2. The highest BCUT2D eigenvalue weighted by molar-refractivity contribution is 9.10. The number of anilines is 1. The summed E-state index contributed by atoms with van der Waals surface area (Å²) in [6.45, 7) is 1.71. The van der Waals surface area contributed by atoms with Gasteiger partial charge in [-0.2, -0.15) is 0 Å². The smallest absolute Gasteiger partial charge is 0.311 e. The van der Waals surface area contributed by atoms with Crippen molar-refractivity contribution >= 4 is 48.4 Å². The molecule has 1 aromatic heterocycles. The molecule has 1 unspecified atom stereocenters. The molecule has 0 saturated heterocycles. The summed E-state index contributed by atoms with van der Waals surface area (Å²) in [5.74, 6) is -2.67. The van der Waals surface area contributed by atoms with Gasteiger partial charge in [0.25, 0.3) is 10.0 Å².